The summed E-state index contributed by atoms with van der Waals surface area (Å²) in [4.78, 5) is 77.8. The van der Waals surface area contributed by atoms with Crippen LogP contribution in [0.2, 0.25) is 0 Å². The van der Waals surface area contributed by atoms with E-state index in [-0.39, 0.29) is 182 Å². The first-order chi connectivity index (χ1) is 68.8. The van der Waals surface area contributed by atoms with E-state index < -0.39 is 17.8 Å². The zero-order valence-electron chi connectivity index (χ0n) is 86.6. The second-order valence-electron chi connectivity index (χ2n) is 38.7. The maximum atomic E-state index is 14.5. The largest absolute Gasteiger partial charge is 0.471 e. The summed E-state index contributed by atoms with van der Waals surface area (Å²) in [7, 11) is 4.51. The summed E-state index contributed by atoms with van der Waals surface area (Å²) in [6, 6.07) is 34.4. The number of fused-ring (bicyclic) bond motifs is 8. The van der Waals surface area contributed by atoms with Crippen molar-refractivity contribution in [3.8, 4) is 23.0 Å². The van der Waals surface area contributed by atoms with E-state index in [9.17, 15) is 24.0 Å². The van der Waals surface area contributed by atoms with Crippen molar-refractivity contribution in [3.05, 3.63) is 185 Å². The molecule has 35 heteroatoms. The predicted molar refractivity (Wildman–Crippen MR) is 526 cm³/mol. The molecule has 0 bridgehead atoms. The highest BCUT2D eigenvalue weighted by atomic mass is 16.8. The van der Waals surface area contributed by atoms with Gasteiger partial charge in [0, 0.05) is 104 Å². The lowest BCUT2D eigenvalue weighted by Crippen LogP contribution is -2.35. The molecule has 35 nitrogen and oxygen atoms in total. The lowest BCUT2D eigenvalue weighted by Gasteiger charge is -2.37. The number of imide groups is 1. The Morgan fingerprint density at radius 3 is 0.986 bits per heavy atom. The summed E-state index contributed by atoms with van der Waals surface area (Å²) in [5.41, 5.74) is 15.9. The first-order valence-electron chi connectivity index (χ1n) is 48.7. The number of methoxy groups -OCH3 is 3. The molecule has 1 saturated heterocycles. The van der Waals surface area contributed by atoms with Gasteiger partial charge in [0.2, 0.25) is 0 Å². The van der Waals surface area contributed by atoms with Crippen LogP contribution in [0.4, 0.5) is 0 Å². The van der Waals surface area contributed by atoms with Crippen LogP contribution in [0.1, 0.15) is 242 Å². The molecule has 6 aromatic carbocycles. The van der Waals surface area contributed by atoms with Gasteiger partial charge in [0.05, 0.1) is 46.8 Å². The number of rotatable bonds is 56. The van der Waals surface area contributed by atoms with Crippen LogP contribution >= 0.6 is 0 Å². The number of ether oxygens (including phenoxy) is 25. The monoisotopic (exact) mass is 2000 g/mol. The number of carbonyl (C=O) groups excluding carboxylic acids is 6. The lowest BCUT2D eigenvalue weighted by molar-refractivity contribution is -0.230. The molecule has 4 aliphatic carbocycles. The number of nitrogens with zero attached hydrogens (tertiary/aromatic N) is 3. The van der Waals surface area contributed by atoms with E-state index in [4.69, 9.17) is 118 Å². The molecular weight excluding hydrogens is 1850 g/mol. The van der Waals surface area contributed by atoms with E-state index in [2.05, 4.69) is 165 Å². The van der Waals surface area contributed by atoms with Crippen molar-refractivity contribution < 1.29 is 152 Å². The Hall–Kier alpha value is -9.46. The number of carbonyl (C=O) groups is 6. The summed E-state index contributed by atoms with van der Waals surface area (Å²) in [5, 5.41) is 5.03. The van der Waals surface area contributed by atoms with Crippen molar-refractivity contribution in [3.63, 3.8) is 0 Å². The Morgan fingerprint density at radius 1 is 0.385 bits per heavy atom. The number of likely N-dealkylation sites (N-methyl/N-ethyl adjacent to an activating group) is 2. The molecule has 788 valence electrons. The van der Waals surface area contributed by atoms with Crippen LogP contribution in [-0.4, -0.2) is 260 Å². The molecule has 143 heavy (non-hydrogen) atoms. The molecule has 3 heterocycles. The van der Waals surface area contributed by atoms with Crippen LogP contribution in [0.3, 0.4) is 0 Å². The van der Waals surface area contributed by atoms with Crippen LogP contribution in [0, 0.1) is 21.7 Å². The minimum Gasteiger partial charge on any atom is -0.471 e. The maximum absolute atomic E-state index is 14.5. The molecule has 0 saturated carbocycles. The van der Waals surface area contributed by atoms with Gasteiger partial charge in [0.15, 0.2) is 95.1 Å². The quantitative estimate of drug-likeness (QED) is 0.0148. The van der Waals surface area contributed by atoms with E-state index in [0.29, 0.717) is 98.9 Å². The zero-order valence-corrected chi connectivity index (χ0v) is 86.6. The second-order valence-corrected chi connectivity index (χ2v) is 38.7. The van der Waals surface area contributed by atoms with Gasteiger partial charge in [-0.05, 0) is 213 Å². The van der Waals surface area contributed by atoms with E-state index >= 15 is 0 Å². The summed E-state index contributed by atoms with van der Waals surface area (Å²) in [6.45, 7) is 37.6. The van der Waals surface area contributed by atoms with Crippen molar-refractivity contribution in [1.82, 2.24) is 14.9 Å². The van der Waals surface area contributed by atoms with Gasteiger partial charge in [0.25, 0.3) is 30.1 Å². The molecule has 0 spiro atoms. The molecule has 6 aromatic rings. The minimum atomic E-state index is -0.659. The topological polar surface area (TPSA) is 352 Å². The maximum Gasteiger partial charge on any atom is 0.330 e. The summed E-state index contributed by atoms with van der Waals surface area (Å²) >= 11 is 0. The molecule has 1 fully saturated rings. The summed E-state index contributed by atoms with van der Waals surface area (Å²) in [6.07, 6.45) is 11.4. The third-order valence-corrected chi connectivity index (χ3v) is 24.7. The third kappa shape index (κ3) is 35.4. The molecule has 4 amide bonds. The first-order valence-corrected chi connectivity index (χ1v) is 48.7. The Balaban J connectivity index is 0.000000256. The smallest absolute Gasteiger partial charge is 0.330 e. The van der Waals surface area contributed by atoms with E-state index in [1.807, 2.05) is 60.0 Å². The lowest BCUT2D eigenvalue weighted by atomic mass is 9.69. The predicted octanol–water partition coefficient (Wildman–Crippen LogP) is 14.0. The van der Waals surface area contributed by atoms with Crippen LogP contribution in [-0.2, 0) is 146 Å². The normalized spacial score (nSPS) is 17.6. The SMILES string of the molecule is CC(=O)ON1C(=O)CCC1=O.CCN(CCOCOCOCOCOCOCOCOCOCOCCOC)C(=O)c1ccccc1C1=c2cc3c(cc2Oc2cc4c(cc21)C(C)CC(C)(C)C4)=CC(C)(C)CC3C.CCN(CCOCOCOCOCOCOCOCOCOCOCCOC)C(=O)c1ccccc1C1=c2cc3c(cc2Oc2cc4c(cc21)C(C)CC(C)(C)C4)=CC(C)(C)CC3C.COC=O. The number of benzene rings is 6. The molecule has 3 aliphatic heterocycles. The second kappa shape index (κ2) is 58.8. The van der Waals surface area contributed by atoms with Crippen molar-refractivity contribution >= 4 is 59.4 Å². The van der Waals surface area contributed by atoms with Crippen LogP contribution in [0.15, 0.2) is 97.1 Å². The van der Waals surface area contributed by atoms with Crippen molar-refractivity contribution in [2.24, 2.45) is 21.7 Å². The number of hydrogen-bond donors (Lipinski definition) is 0. The number of hydrogen-bond acceptors (Lipinski definition) is 32. The molecule has 0 radical (unpaired) electrons. The fourth-order valence-electron chi connectivity index (χ4n) is 19.1. The van der Waals surface area contributed by atoms with Gasteiger partial charge in [-0.25, -0.2) is 4.79 Å². The Morgan fingerprint density at radius 2 is 0.685 bits per heavy atom. The number of hydroxylamine groups is 2. The van der Waals surface area contributed by atoms with Crippen molar-refractivity contribution in [2.45, 2.75) is 179 Å². The minimum absolute atomic E-state index is 0.00390. The molecule has 7 aliphatic rings. The highest BCUT2D eigenvalue weighted by Gasteiger charge is 2.39. The van der Waals surface area contributed by atoms with E-state index in [1.54, 1.807) is 14.2 Å². The van der Waals surface area contributed by atoms with Crippen molar-refractivity contribution in [2.75, 3.05) is 209 Å². The number of amides is 4. The van der Waals surface area contributed by atoms with Gasteiger partial charge < -0.3 is 133 Å². The van der Waals surface area contributed by atoms with Gasteiger partial charge in [-0.2, -0.15) is 0 Å². The highest BCUT2D eigenvalue weighted by molar-refractivity contribution is 6.04. The standard InChI is InChI=1S/2C50H69NO13.C6H7NO4.C2H4O2/c2*1-9-51(14-15-54-26-56-28-58-30-60-32-62-34-63-33-61-31-59-29-57-27-55-17-16-53-8)48(52)40-13-11-10-12-39(40)47-43-20-41-35(2)22-49(4,5)24-37(41)18-45(43)64-46-19-38-25-50(6,7)23-36(3)42(38)21-44(46)47;1-4(8)11-7-5(9)2-3-6(7)10;1-4-2-3/h2*10-13,18-21,24,35-36H,9,14-17,22-23,25-34H2,1-8H3;2-3H2,1H3;2H,1H3. The Labute approximate surface area is 839 Å². The summed E-state index contributed by atoms with van der Waals surface area (Å²) in [5.74, 6) is 3.22. The molecule has 4 unspecified atom stereocenters. The summed E-state index contributed by atoms with van der Waals surface area (Å²) < 4.78 is 133. The van der Waals surface area contributed by atoms with Crippen molar-refractivity contribution in [1.29, 1.82) is 0 Å². The van der Waals surface area contributed by atoms with Gasteiger partial charge in [-0.1, -0.05) is 132 Å². The van der Waals surface area contributed by atoms with Crippen LogP contribution < -0.4 is 30.3 Å². The third-order valence-electron chi connectivity index (χ3n) is 24.7. The van der Waals surface area contributed by atoms with Crippen LogP contribution in [0.5, 0.6) is 23.0 Å². The fraction of sp³-hybridized carbons (Fsp3) is 0.574. The fourth-order valence-corrected chi connectivity index (χ4v) is 19.1. The van der Waals surface area contributed by atoms with Crippen LogP contribution in [0.25, 0.3) is 23.3 Å². The average Bonchev–Trinajstić information content (AvgIpc) is 1.43. The average molecular weight is 2000 g/mol. The Kier molecular flexibility index (Phi) is 47.5. The van der Waals surface area contributed by atoms with Gasteiger partial charge in [-0.15, -0.1) is 5.06 Å². The molecule has 4 atom stereocenters. The highest BCUT2D eigenvalue weighted by Crippen LogP contribution is 2.50. The first kappa shape index (κ1) is 115. The molecule has 13 rings (SSSR count). The van der Waals surface area contributed by atoms with E-state index in [1.165, 1.54) is 50.9 Å². The molecule has 0 aromatic heterocycles. The Bertz CT molecular complexity index is 5040. The van der Waals surface area contributed by atoms with Gasteiger partial charge >= 0.3 is 5.97 Å². The molecule has 0 N–H and O–H groups in total. The van der Waals surface area contributed by atoms with Gasteiger partial charge in [0.1, 0.15) is 50.2 Å². The van der Waals surface area contributed by atoms with E-state index in [0.717, 1.165) is 112 Å². The van der Waals surface area contributed by atoms with Gasteiger partial charge in [-0.3, -0.25) is 24.0 Å². The molecular formula is C108H149N3O32. The zero-order chi connectivity index (χ0) is 103.